The van der Waals surface area contributed by atoms with Crippen molar-refractivity contribution in [2.75, 3.05) is 13.1 Å². The number of nitrogens with one attached hydrogen (secondary N) is 2. The molecule has 6 heteroatoms. The van der Waals surface area contributed by atoms with Gasteiger partial charge in [-0.25, -0.2) is 4.79 Å². The van der Waals surface area contributed by atoms with Crippen molar-refractivity contribution in [3.63, 3.8) is 0 Å². The average Bonchev–Trinajstić information content (AvgIpc) is 3.08. The van der Waals surface area contributed by atoms with E-state index in [2.05, 4.69) is 22.8 Å². The van der Waals surface area contributed by atoms with E-state index >= 15 is 0 Å². The summed E-state index contributed by atoms with van der Waals surface area (Å²) in [5.41, 5.74) is 9.05. The first-order valence-corrected chi connectivity index (χ1v) is 9.67. The van der Waals surface area contributed by atoms with Crippen molar-refractivity contribution in [2.24, 2.45) is 5.73 Å². The van der Waals surface area contributed by atoms with E-state index in [1.165, 1.54) is 5.56 Å². The van der Waals surface area contributed by atoms with Crippen molar-refractivity contribution >= 4 is 11.9 Å². The fourth-order valence-corrected chi connectivity index (χ4v) is 3.49. The lowest BCUT2D eigenvalue weighted by molar-refractivity contribution is 0.0789. The lowest BCUT2D eigenvalue weighted by Gasteiger charge is -2.17. The summed E-state index contributed by atoms with van der Waals surface area (Å²) in [6, 6.07) is 17.3. The number of carbonyl (C=O) groups is 2. The third-order valence-corrected chi connectivity index (χ3v) is 4.95. The lowest BCUT2D eigenvalue weighted by atomic mass is 9.95. The molecule has 1 aliphatic heterocycles. The molecule has 1 saturated heterocycles. The molecule has 0 saturated carbocycles. The summed E-state index contributed by atoms with van der Waals surface area (Å²) in [4.78, 5) is 26.3. The number of likely N-dealkylation sites (tertiary alicyclic amines) is 1. The standard InChI is InChI=1S/C22H28N4O2/c1-15(2)25-22(28)24-12-16-8-10-18(11-9-16)21(27)26-13-19(20(23)14-26)17-6-4-3-5-7-17/h3-11,15,19-20H,12-14,23H2,1-2H3,(H2,24,25,28)/t19-,20+/m0/s1. The molecule has 0 aliphatic carbocycles. The Morgan fingerprint density at radius 1 is 1.07 bits per heavy atom. The maximum Gasteiger partial charge on any atom is 0.315 e. The van der Waals surface area contributed by atoms with Gasteiger partial charge < -0.3 is 21.3 Å². The average molecular weight is 380 g/mol. The van der Waals surface area contributed by atoms with Gasteiger partial charge in [-0.2, -0.15) is 0 Å². The van der Waals surface area contributed by atoms with Crippen molar-refractivity contribution in [1.29, 1.82) is 0 Å². The summed E-state index contributed by atoms with van der Waals surface area (Å²) in [6.07, 6.45) is 0. The van der Waals surface area contributed by atoms with E-state index in [0.717, 1.165) is 5.56 Å². The van der Waals surface area contributed by atoms with Crippen LogP contribution >= 0.6 is 0 Å². The van der Waals surface area contributed by atoms with Gasteiger partial charge in [0.05, 0.1) is 0 Å². The molecule has 0 radical (unpaired) electrons. The monoisotopic (exact) mass is 380 g/mol. The van der Waals surface area contributed by atoms with Gasteiger partial charge in [-0.05, 0) is 37.1 Å². The molecular formula is C22H28N4O2. The number of hydrogen-bond donors (Lipinski definition) is 3. The van der Waals surface area contributed by atoms with E-state index in [4.69, 9.17) is 5.73 Å². The maximum atomic E-state index is 12.9. The number of rotatable bonds is 5. The number of amides is 3. The summed E-state index contributed by atoms with van der Waals surface area (Å²) in [7, 11) is 0. The SMILES string of the molecule is CC(C)NC(=O)NCc1ccc(C(=O)N2C[C@@H](N)[C@H](c3ccccc3)C2)cc1. The molecule has 2 aromatic rings. The minimum absolute atomic E-state index is 0.00839. The Balaban J connectivity index is 1.58. The summed E-state index contributed by atoms with van der Waals surface area (Å²) in [5.74, 6) is 0.152. The fourth-order valence-electron chi connectivity index (χ4n) is 3.49. The second-order valence-electron chi connectivity index (χ2n) is 7.57. The highest BCUT2D eigenvalue weighted by molar-refractivity contribution is 5.94. The van der Waals surface area contributed by atoms with Gasteiger partial charge in [0, 0.05) is 43.2 Å². The van der Waals surface area contributed by atoms with Gasteiger partial charge in [-0.3, -0.25) is 4.79 Å². The molecule has 4 N–H and O–H groups in total. The van der Waals surface area contributed by atoms with Crippen LogP contribution in [0.2, 0.25) is 0 Å². The van der Waals surface area contributed by atoms with Crippen LogP contribution in [0.15, 0.2) is 54.6 Å². The molecule has 0 aromatic heterocycles. The minimum Gasteiger partial charge on any atom is -0.336 e. The van der Waals surface area contributed by atoms with Gasteiger partial charge in [0.2, 0.25) is 0 Å². The van der Waals surface area contributed by atoms with Crippen LogP contribution in [-0.2, 0) is 6.54 Å². The van der Waals surface area contributed by atoms with E-state index < -0.39 is 0 Å². The quantitative estimate of drug-likeness (QED) is 0.745. The summed E-state index contributed by atoms with van der Waals surface area (Å²) >= 11 is 0. The van der Waals surface area contributed by atoms with Crippen molar-refractivity contribution in [3.8, 4) is 0 Å². The number of carbonyl (C=O) groups excluding carboxylic acids is 2. The predicted octanol–water partition coefficient (Wildman–Crippen LogP) is 2.46. The molecular weight excluding hydrogens is 352 g/mol. The number of nitrogens with zero attached hydrogens (tertiary/aromatic N) is 1. The third-order valence-electron chi connectivity index (χ3n) is 4.95. The first kappa shape index (κ1) is 19.9. The van der Waals surface area contributed by atoms with Crippen LogP contribution < -0.4 is 16.4 Å². The van der Waals surface area contributed by atoms with Crippen molar-refractivity contribution < 1.29 is 9.59 Å². The Morgan fingerprint density at radius 3 is 2.39 bits per heavy atom. The number of hydrogen-bond acceptors (Lipinski definition) is 3. The van der Waals surface area contributed by atoms with Crippen LogP contribution in [0.1, 0.15) is 41.3 Å². The molecule has 0 bridgehead atoms. The lowest BCUT2D eigenvalue weighted by Crippen LogP contribution is -2.39. The van der Waals surface area contributed by atoms with Crippen LogP contribution in [0.5, 0.6) is 0 Å². The zero-order valence-corrected chi connectivity index (χ0v) is 16.4. The number of urea groups is 1. The van der Waals surface area contributed by atoms with E-state index in [-0.39, 0.29) is 29.9 Å². The van der Waals surface area contributed by atoms with Crippen molar-refractivity contribution in [2.45, 2.75) is 38.4 Å². The summed E-state index contributed by atoms with van der Waals surface area (Å²) < 4.78 is 0. The second-order valence-corrected chi connectivity index (χ2v) is 7.57. The van der Waals surface area contributed by atoms with Crippen molar-refractivity contribution in [1.82, 2.24) is 15.5 Å². The van der Waals surface area contributed by atoms with Crippen molar-refractivity contribution in [3.05, 3.63) is 71.3 Å². The van der Waals surface area contributed by atoms with E-state index in [1.807, 2.05) is 49.1 Å². The maximum absolute atomic E-state index is 12.9. The fraction of sp³-hybridized carbons (Fsp3) is 0.364. The highest BCUT2D eigenvalue weighted by atomic mass is 16.2. The molecule has 28 heavy (non-hydrogen) atoms. The first-order chi connectivity index (χ1) is 13.4. The Morgan fingerprint density at radius 2 is 1.75 bits per heavy atom. The van der Waals surface area contributed by atoms with Crippen LogP contribution in [0.4, 0.5) is 4.79 Å². The Kier molecular flexibility index (Phi) is 6.31. The van der Waals surface area contributed by atoms with Gasteiger partial charge in [0.25, 0.3) is 5.91 Å². The molecule has 1 fully saturated rings. The smallest absolute Gasteiger partial charge is 0.315 e. The zero-order chi connectivity index (χ0) is 20.1. The molecule has 1 aliphatic rings. The highest BCUT2D eigenvalue weighted by Crippen LogP contribution is 2.27. The second kappa shape index (κ2) is 8.89. The Hall–Kier alpha value is -2.86. The van der Waals surface area contributed by atoms with Gasteiger partial charge in [-0.15, -0.1) is 0 Å². The van der Waals surface area contributed by atoms with Gasteiger partial charge in [-0.1, -0.05) is 42.5 Å². The van der Waals surface area contributed by atoms with E-state index in [0.29, 0.717) is 25.2 Å². The van der Waals surface area contributed by atoms with Gasteiger partial charge in [0.15, 0.2) is 0 Å². The third kappa shape index (κ3) is 4.89. The largest absolute Gasteiger partial charge is 0.336 e. The molecule has 3 rings (SSSR count). The molecule has 2 aromatic carbocycles. The van der Waals surface area contributed by atoms with Gasteiger partial charge >= 0.3 is 6.03 Å². The minimum atomic E-state index is -0.201. The van der Waals surface area contributed by atoms with E-state index in [1.54, 1.807) is 12.1 Å². The topological polar surface area (TPSA) is 87.5 Å². The highest BCUT2D eigenvalue weighted by Gasteiger charge is 2.34. The summed E-state index contributed by atoms with van der Waals surface area (Å²) in [6.45, 7) is 5.41. The van der Waals surface area contributed by atoms with Crippen LogP contribution in [0, 0.1) is 0 Å². The van der Waals surface area contributed by atoms with Gasteiger partial charge in [0.1, 0.15) is 0 Å². The first-order valence-electron chi connectivity index (χ1n) is 9.67. The molecule has 148 valence electrons. The molecule has 6 nitrogen and oxygen atoms in total. The van der Waals surface area contributed by atoms with Crippen LogP contribution in [0.25, 0.3) is 0 Å². The molecule has 2 atom stereocenters. The Labute approximate surface area is 166 Å². The molecule has 1 heterocycles. The summed E-state index contributed by atoms with van der Waals surface area (Å²) in [5, 5.41) is 5.58. The zero-order valence-electron chi connectivity index (χ0n) is 16.4. The van der Waals surface area contributed by atoms with Crippen LogP contribution in [0.3, 0.4) is 0 Å². The Bertz CT molecular complexity index is 805. The molecule has 0 spiro atoms. The predicted molar refractivity (Wildman–Crippen MR) is 110 cm³/mol. The molecule has 3 amide bonds. The number of benzene rings is 2. The van der Waals surface area contributed by atoms with E-state index in [9.17, 15) is 9.59 Å². The van der Waals surface area contributed by atoms with Crippen LogP contribution in [-0.4, -0.2) is 42.0 Å². The molecule has 0 unspecified atom stereocenters. The number of nitrogens with two attached hydrogens (primary N) is 1. The normalized spacial score (nSPS) is 18.9.